The molecule has 1 aromatic rings. The molecule has 1 fully saturated rings. The van der Waals surface area contributed by atoms with Gasteiger partial charge in [-0.05, 0) is 0 Å². The molecule has 6 nitrogen and oxygen atoms in total. The molecule has 1 aromatic heterocycles. The van der Waals surface area contributed by atoms with Crippen molar-refractivity contribution in [3.05, 3.63) is 11.1 Å². The summed E-state index contributed by atoms with van der Waals surface area (Å²) in [7, 11) is 0. The topological polar surface area (TPSA) is 68.7 Å². The van der Waals surface area contributed by atoms with Crippen molar-refractivity contribution in [1.29, 1.82) is 0 Å². The SMILES string of the molecule is O=C(NO)c1cnc(N2CCN(CC[AsH2])CC2)s1. The van der Waals surface area contributed by atoms with Gasteiger partial charge < -0.3 is 0 Å². The Hall–Kier alpha value is -0.622. The van der Waals surface area contributed by atoms with Crippen LogP contribution in [0.3, 0.4) is 0 Å². The van der Waals surface area contributed by atoms with Crippen LogP contribution in [0.2, 0.25) is 5.21 Å². The fraction of sp³-hybridized carbons (Fsp3) is 0.600. The molecule has 0 aromatic carbocycles. The van der Waals surface area contributed by atoms with Crippen LogP contribution in [0.1, 0.15) is 9.67 Å². The normalized spacial score (nSPS) is 16.9. The Balaban J connectivity index is 1.93. The van der Waals surface area contributed by atoms with Crippen molar-refractivity contribution in [2.45, 2.75) is 5.21 Å². The number of carbonyl (C=O) groups excluding carboxylic acids is 1. The van der Waals surface area contributed by atoms with Crippen molar-refractivity contribution in [2.24, 2.45) is 0 Å². The third-order valence-electron chi connectivity index (χ3n) is 2.91. The Morgan fingerprint density at radius 3 is 2.83 bits per heavy atom. The molecule has 1 amide bonds. The fourth-order valence-corrected chi connectivity index (χ4v) is 3.54. The third kappa shape index (κ3) is 3.23. The Morgan fingerprint density at radius 2 is 2.22 bits per heavy atom. The summed E-state index contributed by atoms with van der Waals surface area (Å²) in [6.07, 6.45) is 1.51. The second-order valence-electron chi connectivity index (χ2n) is 4.07. The van der Waals surface area contributed by atoms with E-state index in [1.54, 1.807) is 22.3 Å². The van der Waals surface area contributed by atoms with Crippen molar-refractivity contribution in [2.75, 3.05) is 37.6 Å². The Kier molecular flexibility index (Phi) is 5.00. The van der Waals surface area contributed by atoms with Crippen LogP contribution in [0, 0.1) is 0 Å². The number of rotatable bonds is 4. The number of aromatic nitrogens is 1. The Labute approximate surface area is 118 Å². The molecule has 0 spiro atoms. The second kappa shape index (κ2) is 6.52. The molecule has 1 aliphatic rings. The minimum absolute atomic E-state index is 0.436. The van der Waals surface area contributed by atoms with Gasteiger partial charge in [0.25, 0.3) is 0 Å². The first kappa shape index (κ1) is 13.8. The van der Waals surface area contributed by atoms with Gasteiger partial charge in [0.05, 0.1) is 0 Å². The number of piperazine rings is 1. The zero-order valence-corrected chi connectivity index (χ0v) is 13.2. The number of hydrogen-bond acceptors (Lipinski definition) is 6. The zero-order valence-electron chi connectivity index (χ0n) is 10.0. The number of carbonyl (C=O) groups is 1. The number of amides is 1. The molecule has 1 atom stereocenters. The van der Waals surface area contributed by atoms with E-state index in [1.165, 1.54) is 29.3 Å². The van der Waals surface area contributed by atoms with Crippen molar-refractivity contribution in [1.82, 2.24) is 15.4 Å². The summed E-state index contributed by atoms with van der Waals surface area (Å²) in [6, 6.07) is 0. The van der Waals surface area contributed by atoms with E-state index < -0.39 is 5.91 Å². The number of thiazole rings is 1. The van der Waals surface area contributed by atoms with E-state index in [9.17, 15) is 4.79 Å². The van der Waals surface area contributed by atoms with Crippen LogP contribution < -0.4 is 10.4 Å². The number of nitrogens with zero attached hydrogens (tertiary/aromatic N) is 3. The van der Waals surface area contributed by atoms with Gasteiger partial charge >= 0.3 is 119 Å². The van der Waals surface area contributed by atoms with Gasteiger partial charge in [0, 0.05) is 0 Å². The van der Waals surface area contributed by atoms with Gasteiger partial charge in [0.1, 0.15) is 0 Å². The summed E-state index contributed by atoms with van der Waals surface area (Å²) < 4.78 is 0. The van der Waals surface area contributed by atoms with Gasteiger partial charge in [0.15, 0.2) is 0 Å². The van der Waals surface area contributed by atoms with Gasteiger partial charge in [0.2, 0.25) is 0 Å². The third-order valence-corrected chi connectivity index (χ3v) is 4.51. The van der Waals surface area contributed by atoms with E-state index in [-0.39, 0.29) is 0 Å². The molecule has 0 radical (unpaired) electrons. The summed E-state index contributed by atoms with van der Waals surface area (Å²) in [4.78, 5) is 20.5. The van der Waals surface area contributed by atoms with Crippen molar-refractivity contribution < 1.29 is 10.0 Å². The molecule has 1 unspecified atom stereocenters. The van der Waals surface area contributed by atoms with Crippen LogP contribution >= 0.6 is 11.3 Å². The summed E-state index contributed by atoms with van der Waals surface area (Å²) in [5.74, 6) is -0.495. The number of nitrogens with one attached hydrogen (secondary N) is 1. The molecule has 2 heterocycles. The number of anilines is 1. The zero-order chi connectivity index (χ0) is 13.0. The maximum absolute atomic E-state index is 11.2. The van der Waals surface area contributed by atoms with E-state index in [0.717, 1.165) is 31.3 Å². The molecule has 2 N–H and O–H groups in total. The van der Waals surface area contributed by atoms with Gasteiger partial charge in [-0.1, -0.05) is 0 Å². The number of hydrogen-bond donors (Lipinski definition) is 2. The van der Waals surface area contributed by atoms with Crippen LogP contribution in [0.15, 0.2) is 6.20 Å². The van der Waals surface area contributed by atoms with Gasteiger partial charge in [-0.25, -0.2) is 0 Å². The molecule has 1 aliphatic heterocycles. The summed E-state index contributed by atoms with van der Waals surface area (Å²) in [6.45, 7) is 5.15. The molecular weight excluding hydrogens is 315 g/mol. The van der Waals surface area contributed by atoms with Gasteiger partial charge in [-0.3, -0.25) is 0 Å². The quantitative estimate of drug-likeness (QED) is 0.439. The van der Waals surface area contributed by atoms with Crippen LogP contribution in [0.4, 0.5) is 5.13 Å². The van der Waals surface area contributed by atoms with Crippen LogP contribution in [0.5, 0.6) is 0 Å². The fourth-order valence-electron chi connectivity index (χ4n) is 1.92. The molecule has 0 aliphatic carbocycles. The molecule has 1 saturated heterocycles. The first-order valence-electron chi connectivity index (χ1n) is 5.82. The average molecular weight is 332 g/mol. The molecule has 100 valence electrons. The van der Waals surface area contributed by atoms with Crippen molar-refractivity contribution >= 4 is 39.2 Å². The van der Waals surface area contributed by atoms with Gasteiger partial charge in [-0.15, -0.1) is 0 Å². The first-order chi connectivity index (χ1) is 8.74. The summed E-state index contributed by atoms with van der Waals surface area (Å²) in [5.41, 5.74) is 1.63. The molecular formula is C10H17AsN4O2S. The number of hydroxylamine groups is 1. The molecule has 18 heavy (non-hydrogen) atoms. The van der Waals surface area contributed by atoms with E-state index in [4.69, 9.17) is 5.21 Å². The average Bonchev–Trinajstić information content (AvgIpc) is 2.89. The van der Waals surface area contributed by atoms with Crippen LogP contribution in [-0.2, 0) is 0 Å². The minimum atomic E-state index is -0.495. The first-order valence-corrected chi connectivity index (χ1v) is 8.35. The van der Waals surface area contributed by atoms with Crippen molar-refractivity contribution in [3.8, 4) is 0 Å². The molecule has 2 rings (SSSR count). The van der Waals surface area contributed by atoms with E-state index in [1.807, 2.05) is 0 Å². The van der Waals surface area contributed by atoms with Crippen molar-refractivity contribution in [3.63, 3.8) is 0 Å². The Bertz CT molecular complexity index is 406. The molecule has 0 saturated carbocycles. The second-order valence-corrected chi connectivity index (χ2v) is 6.29. The van der Waals surface area contributed by atoms with E-state index in [2.05, 4.69) is 14.8 Å². The summed E-state index contributed by atoms with van der Waals surface area (Å²) in [5, 5.41) is 10.7. The molecule has 0 bridgehead atoms. The van der Waals surface area contributed by atoms with E-state index in [0.29, 0.717) is 4.88 Å². The van der Waals surface area contributed by atoms with Crippen LogP contribution in [-0.4, -0.2) is 70.6 Å². The standard InChI is InChI=1S/C10H17AsN4O2S/c11-1-2-14-3-5-15(6-4-14)10-12-7-8(18-10)9(16)13-17/h7,17H,1-6,11H2,(H,13,16). The predicted molar refractivity (Wildman–Crippen MR) is 73.4 cm³/mol. The van der Waals surface area contributed by atoms with Gasteiger partial charge in [-0.2, -0.15) is 0 Å². The van der Waals surface area contributed by atoms with Crippen LogP contribution in [0.25, 0.3) is 0 Å². The van der Waals surface area contributed by atoms with E-state index >= 15 is 0 Å². The predicted octanol–water partition coefficient (Wildman–Crippen LogP) is -0.565. The Morgan fingerprint density at radius 1 is 1.50 bits per heavy atom. The summed E-state index contributed by atoms with van der Waals surface area (Å²) >= 11 is 3.08. The monoisotopic (exact) mass is 332 g/mol. The maximum atomic E-state index is 11.2. The molecule has 8 heteroatoms.